The molecule has 0 saturated carbocycles. The van der Waals surface area contributed by atoms with Crippen LogP contribution in [0, 0.1) is 5.92 Å². The van der Waals surface area contributed by atoms with Gasteiger partial charge in [-0.3, -0.25) is 4.90 Å². The summed E-state index contributed by atoms with van der Waals surface area (Å²) in [5.74, 6) is 0.305. The fourth-order valence-corrected chi connectivity index (χ4v) is 5.22. The molecule has 3 rings (SSSR count). The van der Waals surface area contributed by atoms with Crippen LogP contribution in [0.25, 0.3) is 0 Å². The Labute approximate surface area is 168 Å². The van der Waals surface area contributed by atoms with Gasteiger partial charge < -0.3 is 9.30 Å². The van der Waals surface area contributed by atoms with E-state index in [1.807, 2.05) is 34.9 Å². The molecule has 0 aliphatic carbocycles. The summed E-state index contributed by atoms with van der Waals surface area (Å²) in [5, 5.41) is 0.187. The maximum absolute atomic E-state index is 13.1. The SMILES string of the molecule is COC1CCN(Cc2cnc(S(=O)(=O)Cc3ccccc3)n2CC(C)C)CC1. The van der Waals surface area contributed by atoms with Crippen molar-refractivity contribution in [3.8, 4) is 0 Å². The van der Waals surface area contributed by atoms with E-state index < -0.39 is 9.84 Å². The molecule has 154 valence electrons. The highest BCUT2D eigenvalue weighted by atomic mass is 32.2. The summed E-state index contributed by atoms with van der Waals surface area (Å²) >= 11 is 0. The Morgan fingerprint density at radius 3 is 2.46 bits per heavy atom. The minimum absolute atomic E-state index is 0.0262. The first-order chi connectivity index (χ1) is 13.4. The van der Waals surface area contributed by atoms with Crippen LogP contribution in [-0.4, -0.2) is 49.2 Å². The Balaban J connectivity index is 1.82. The molecular formula is C21H31N3O3S. The van der Waals surface area contributed by atoms with E-state index in [-0.39, 0.29) is 10.9 Å². The van der Waals surface area contributed by atoms with Gasteiger partial charge >= 0.3 is 0 Å². The van der Waals surface area contributed by atoms with Crippen molar-refractivity contribution >= 4 is 9.84 Å². The number of nitrogens with zero attached hydrogens (tertiary/aromatic N) is 3. The summed E-state index contributed by atoms with van der Waals surface area (Å²) in [4.78, 5) is 6.72. The largest absolute Gasteiger partial charge is 0.381 e. The Morgan fingerprint density at radius 2 is 1.86 bits per heavy atom. The van der Waals surface area contributed by atoms with Crippen LogP contribution in [0.4, 0.5) is 0 Å². The topological polar surface area (TPSA) is 64.4 Å². The van der Waals surface area contributed by atoms with Gasteiger partial charge in [-0.15, -0.1) is 0 Å². The fourth-order valence-electron chi connectivity index (χ4n) is 3.72. The second-order valence-electron chi connectivity index (χ2n) is 7.99. The number of rotatable bonds is 8. The predicted octanol–water partition coefficient (Wildman–Crippen LogP) is 3.12. The van der Waals surface area contributed by atoms with E-state index in [0.717, 1.165) is 43.7 Å². The molecule has 1 aromatic carbocycles. The van der Waals surface area contributed by atoms with Crippen LogP contribution in [0.3, 0.4) is 0 Å². The number of piperidine rings is 1. The van der Waals surface area contributed by atoms with Crippen molar-refractivity contribution in [2.45, 2.75) is 56.8 Å². The fraction of sp³-hybridized carbons (Fsp3) is 0.571. The van der Waals surface area contributed by atoms with E-state index in [2.05, 4.69) is 23.7 Å². The number of sulfone groups is 1. The monoisotopic (exact) mass is 405 g/mol. The van der Waals surface area contributed by atoms with Gasteiger partial charge in [0.05, 0.1) is 23.7 Å². The van der Waals surface area contributed by atoms with Gasteiger partial charge in [0.2, 0.25) is 15.0 Å². The van der Waals surface area contributed by atoms with E-state index in [1.54, 1.807) is 13.3 Å². The van der Waals surface area contributed by atoms with E-state index in [1.165, 1.54) is 0 Å². The molecule has 1 fully saturated rings. The maximum Gasteiger partial charge on any atom is 0.228 e. The van der Waals surface area contributed by atoms with Crippen molar-refractivity contribution < 1.29 is 13.2 Å². The van der Waals surface area contributed by atoms with Gasteiger partial charge in [0.25, 0.3) is 0 Å². The average Bonchev–Trinajstić information content (AvgIpc) is 3.05. The molecule has 28 heavy (non-hydrogen) atoms. The van der Waals surface area contributed by atoms with Gasteiger partial charge in [0.15, 0.2) is 0 Å². The third-order valence-corrected chi connectivity index (χ3v) is 6.78. The summed E-state index contributed by atoms with van der Waals surface area (Å²) in [5.41, 5.74) is 1.75. The third kappa shape index (κ3) is 5.21. The molecule has 0 unspecified atom stereocenters. The van der Waals surface area contributed by atoms with Gasteiger partial charge in [-0.2, -0.15) is 0 Å². The molecule has 0 bridgehead atoms. The number of hydrogen-bond acceptors (Lipinski definition) is 5. The van der Waals surface area contributed by atoms with Crippen molar-refractivity contribution in [3.05, 3.63) is 47.8 Å². The normalized spacial score (nSPS) is 16.7. The van der Waals surface area contributed by atoms with E-state index in [4.69, 9.17) is 4.74 Å². The molecule has 1 aliphatic rings. The van der Waals surface area contributed by atoms with Crippen LogP contribution in [0.1, 0.15) is 37.9 Å². The predicted molar refractivity (Wildman–Crippen MR) is 110 cm³/mol. The second kappa shape index (κ2) is 9.20. The number of imidazole rings is 1. The number of methoxy groups -OCH3 is 1. The summed E-state index contributed by atoms with van der Waals surface area (Å²) in [7, 11) is -1.74. The summed E-state index contributed by atoms with van der Waals surface area (Å²) in [6.07, 6.45) is 4.09. The van der Waals surface area contributed by atoms with Crippen molar-refractivity contribution in [2.75, 3.05) is 20.2 Å². The summed E-state index contributed by atoms with van der Waals surface area (Å²) in [6.45, 7) is 7.47. The minimum atomic E-state index is -3.51. The number of ether oxygens (including phenoxy) is 1. The van der Waals surface area contributed by atoms with Gasteiger partial charge in [-0.25, -0.2) is 13.4 Å². The lowest BCUT2D eigenvalue weighted by molar-refractivity contribution is 0.0381. The highest BCUT2D eigenvalue weighted by molar-refractivity contribution is 7.90. The molecule has 1 aromatic heterocycles. The highest BCUT2D eigenvalue weighted by Crippen LogP contribution is 2.22. The molecule has 0 spiro atoms. The standard InChI is InChI=1S/C21H31N3O3S/c1-17(2)14-24-19(15-23-11-9-20(27-3)10-12-23)13-22-21(24)28(25,26)16-18-7-5-4-6-8-18/h4-8,13,17,20H,9-12,14-16H2,1-3H3. The van der Waals surface area contributed by atoms with E-state index in [0.29, 0.717) is 18.6 Å². The van der Waals surface area contributed by atoms with Gasteiger partial charge in [0, 0.05) is 33.3 Å². The lowest BCUT2D eigenvalue weighted by Gasteiger charge is -2.31. The Kier molecular flexibility index (Phi) is 6.91. The van der Waals surface area contributed by atoms with Crippen LogP contribution in [-0.2, 0) is 33.4 Å². The lowest BCUT2D eigenvalue weighted by Crippen LogP contribution is -2.36. The zero-order valence-corrected chi connectivity index (χ0v) is 17.9. The molecule has 2 aromatic rings. The first-order valence-electron chi connectivity index (χ1n) is 9.95. The smallest absolute Gasteiger partial charge is 0.228 e. The lowest BCUT2D eigenvalue weighted by atomic mass is 10.1. The molecule has 2 heterocycles. The molecule has 0 atom stereocenters. The molecular weight excluding hydrogens is 374 g/mol. The molecule has 7 heteroatoms. The average molecular weight is 406 g/mol. The van der Waals surface area contributed by atoms with Crippen LogP contribution in [0.5, 0.6) is 0 Å². The Hall–Kier alpha value is -1.70. The molecule has 0 amide bonds. The number of aromatic nitrogens is 2. The minimum Gasteiger partial charge on any atom is -0.381 e. The highest BCUT2D eigenvalue weighted by Gasteiger charge is 2.26. The van der Waals surface area contributed by atoms with Crippen molar-refractivity contribution in [1.29, 1.82) is 0 Å². The van der Waals surface area contributed by atoms with E-state index >= 15 is 0 Å². The molecule has 0 radical (unpaired) electrons. The second-order valence-corrected chi connectivity index (χ2v) is 9.88. The first-order valence-corrected chi connectivity index (χ1v) is 11.6. The Morgan fingerprint density at radius 1 is 1.18 bits per heavy atom. The number of benzene rings is 1. The van der Waals surface area contributed by atoms with Crippen LogP contribution < -0.4 is 0 Å². The first kappa shape index (κ1) is 21.0. The molecule has 0 N–H and O–H groups in total. The summed E-state index contributed by atoms with van der Waals surface area (Å²) < 4.78 is 33.5. The molecule has 1 aliphatic heterocycles. The van der Waals surface area contributed by atoms with Gasteiger partial charge in [0.1, 0.15) is 0 Å². The van der Waals surface area contributed by atoms with Crippen molar-refractivity contribution in [2.24, 2.45) is 5.92 Å². The maximum atomic E-state index is 13.1. The Bertz CT molecular complexity index is 854. The van der Waals surface area contributed by atoms with Crippen molar-refractivity contribution in [3.63, 3.8) is 0 Å². The number of likely N-dealkylation sites (tertiary alicyclic amines) is 1. The molecule has 6 nitrogen and oxygen atoms in total. The zero-order valence-electron chi connectivity index (χ0n) is 17.0. The summed E-state index contributed by atoms with van der Waals surface area (Å²) in [6, 6.07) is 9.30. The quantitative estimate of drug-likeness (QED) is 0.675. The molecule has 1 saturated heterocycles. The van der Waals surface area contributed by atoms with Gasteiger partial charge in [-0.1, -0.05) is 44.2 Å². The van der Waals surface area contributed by atoms with Crippen LogP contribution >= 0.6 is 0 Å². The third-order valence-electron chi connectivity index (χ3n) is 5.18. The number of hydrogen-bond donors (Lipinski definition) is 0. The van der Waals surface area contributed by atoms with Gasteiger partial charge in [-0.05, 0) is 24.3 Å². The van der Waals surface area contributed by atoms with Crippen LogP contribution in [0.2, 0.25) is 0 Å². The van der Waals surface area contributed by atoms with E-state index in [9.17, 15) is 8.42 Å². The van der Waals surface area contributed by atoms with Crippen molar-refractivity contribution in [1.82, 2.24) is 14.5 Å². The zero-order chi connectivity index (χ0) is 20.1. The van der Waals surface area contributed by atoms with Crippen LogP contribution in [0.15, 0.2) is 41.7 Å².